The predicted molar refractivity (Wildman–Crippen MR) is 99.9 cm³/mol. The molecule has 3 rings (SSSR count). The van der Waals surface area contributed by atoms with Crippen LogP contribution in [0.5, 0.6) is 5.75 Å². The summed E-state index contributed by atoms with van der Waals surface area (Å²) in [4.78, 5) is 16.4. The Morgan fingerprint density at radius 2 is 2.17 bits per heavy atom. The molecule has 1 heterocycles. The number of ether oxygens (including phenoxy) is 1. The Morgan fingerprint density at radius 1 is 1.33 bits per heavy atom. The van der Waals surface area contributed by atoms with E-state index in [1.165, 1.54) is 17.4 Å². The minimum absolute atomic E-state index is 0.251. The minimum Gasteiger partial charge on any atom is -0.494 e. The van der Waals surface area contributed by atoms with Gasteiger partial charge in [-0.3, -0.25) is 10.1 Å². The number of fused-ring (bicyclic) bond motifs is 1. The summed E-state index contributed by atoms with van der Waals surface area (Å²) in [6.45, 7) is 2.55. The van der Waals surface area contributed by atoms with Gasteiger partial charge in [0, 0.05) is 11.1 Å². The zero-order chi connectivity index (χ0) is 16.9. The number of hydrogen-bond donors (Lipinski definition) is 1. The van der Waals surface area contributed by atoms with Crippen LogP contribution in [0.25, 0.3) is 16.3 Å². The molecule has 6 heteroatoms. The zero-order valence-corrected chi connectivity index (χ0v) is 14.5. The van der Waals surface area contributed by atoms with E-state index in [2.05, 4.69) is 10.3 Å². The van der Waals surface area contributed by atoms with Gasteiger partial charge in [-0.25, -0.2) is 4.98 Å². The van der Waals surface area contributed by atoms with Gasteiger partial charge in [-0.15, -0.1) is 0 Å². The Kier molecular flexibility index (Phi) is 5.13. The maximum atomic E-state index is 12.0. The second-order valence-corrected chi connectivity index (χ2v) is 6.36. The summed E-state index contributed by atoms with van der Waals surface area (Å²) in [5.41, 5.74) is 1.62. The van der Waals surface area contributed by atoms with E-state index in [4.69, 9.17) is 16.3 Å². The maximum absolute atomic E-state index is 12.0. The molecule has 0 radical (unpaired) electrons. The molecule has 0 saturated heterocycles. The lowest BCUT2D eigenvalue weighted by Gasteiger charge is -2.00. The number of nitrogens with one attached hydrogen (secondary N) is 1. The Bertz CT molecular complexity index is 905. The summed E-state index contributed by atoms with van der Waals surface area (Å²) in [7, 11) is 0. The number of carbonyl (C=O) groups excluding carboxylic acids is 1. The van der Waals surface area contributed by atoms with Gasteiger partial charge < -0.3 is 4.74 Å². The molecule has 3 aromatic rings. The Labute approximate surface area is 148 Å². The van der Waals surface area contributed by atoms with Crippen LogP contribution in [0.15, 0.2) is 48.5 Å². The molecule has 0 spiro atoms. The number of hydrogen-bond acceptors (Lipinski definition) is 4. The SMILES string of the molecule is CCOc1ccc2nc(NC(=O)C=Cc3ccccc3Cl)sc2c1. The van der Waals surface area contributed by atoms with Crippen LogP contribution < -0.4 is 10.1 Å². The lowest BCUT2D eigenvalue weighted by atomic mass is 10.2. The molecule has 0 fully saturated rings. The Morgan fingerprint density at radius 3 is 2.96 bits per heavy atom. The molecule has 2 aromatic carbocycles. The number of nitrogens with zero attached hydrogens (tertiary/aromatic N) is 1. The summed E-state index contributed by atoms with van der Waals surface area (Å²) < 4.78 is 6.44. The normalized spacial score (nSPS) is 11.1. The average molecular weight is 359 g/mol. The fraction of sp³-hybridized carbons (Fsp3) is 0.111. The summed E-state index contributed by atoms with van der Waals surface area (Å²) >= 11 is 7.46. The highest BCUT2D eigenvalue weighted by Gasteiger charge is 2.07. The van der Waals surface area contributed by atoms with E-state index in [9.17, 15) is 4.79 Å². The lowest BCUT2D eigenvalue weighted by Crippen LogP contribution is -2.07. The van der Waals surface area contributed by atoms with Crippen molar-refractivity contribution >= 4 is 50.3 Å². The first kappa shape index (κ1) is 16.5. The fourth-order valence-electron chi connectivity index (χ4n) is 2.14. The van der Waals surface area contributed by atoms with Crippen molar-refractivity contribution in [2.24, 2.45) is 0 Å². The number of rotatable bonds is 5. The molecule has 1 N–H and O–H groups in total. The highest BCUT2D eigenvalue weighted by Crippen LogP contribution is 2.29. The predicted octanol–water partition coefficient (Wildman–Crippen LogP) is 5.00. The smallest absolute Gasteiger partial charge is 0.250 e. The van der Waals surface area contributed by atoms with E-state index >= 15 is 0 Å². The van der Waals surface area contributed by atoms with E-state index < -0.39 is 0 Å². The molecule has 1 aromatic heterocycles. The Balaban J connectivity index is 1.72. The van der Waals surface area contributed by atoms with E-state index in [1.54, 1.807) is 12.1 Å². The highest BCUT2D eigenvalue weighted by atomic mass is 35.5. The van der Waals surface area contributed by atoms with Gasteiger partial charge in [-0.2, -0.15) is 0 Å². The van der Waals surface area contributed by atoms with Crippen LogP contribution in [0.1, 0.15) is 12.5 Å². The Hall–Kier alpha value is -2.37. The lowest BCUT2D eigenvalue weighted by molar-refractivity contribution is -0.111. The molecule has 0 unspecified atom stereocenters. The van der Waals surface area contributed by atoms with Gasteiger partial charge in [0.25, 0.3) is 0 Å². The number of benzene rings is 2. The van der Waals surface area contributed by atoms with Crippen LogP contribution in [0.3, 0.4) is 0 Å². The van der Waals surface area contributed by atoms with Gasteiger partial charge in [-0.1, -0.05) is 41.1 Å². The number of aromatic nitrogens is 1. The van der Waals surface area contributed by atoms with Crippen LogP contribution in [0.2, 0.25) is 5.02 Å². The molecular formula is C18H15ClN2O2S. The third-order valence-corrected chi connectivity index (χ3v) is 4.50. The van der Waals surface area contributed by atoms with Gasteiger partial charge in [0.1, 0.15) is 5.75 Å². The first-order valence-electron chi connectivity index (χ1n) is 7.42. The first-order valence-corrected chi connectivity index (χ1v) is 8.62. The second kappa shape index (κ2) is 7.47. The monoisotopic (exact) mass is 358 g/mol. The minimum atomic E-state index is -0.251. The van der Waals surface area contributed by atoms with E-state index in [0.29, 0.717) is 16.8 Å². The van der Waals surface area contributed by atoms with Crippen LogP contribution in [-0.4, -0.2) is 17.5 Å². The molecule has 24 heavy (non-hydrogen) atoms. The van der Waals surface area contributed by atoms with Crippen molar-refractivity contribution in [2.45, 2.75) is 6.92 Å². The molecule has 0 bridgehead atoms. The fourth-order valence-corrected chi connectivity index (χ4v) is 3.23. The van der Waals surface area contributed by atoms with E-state index in [1.807, 2.05) is 43.3 Å². The number of halogens is 1. The van der Waals surface area contributed by atoms with Gasteiger partial charge in [0.05, 0.1) is 16.8 Å². The van der Waals surface area contributed by atoms with Crippen LogP contribution in [0.4, 0.5) is 5.13 Å². The molecule has 1 amide bonds. The van der Waals surface area contributed by atoms with Crippen molar-refractivity contribution in [3.8, 4) is 5.75 Å². The third-order valence-electron chi connectivity index (χ3n) is 3.22. The molecule has 122 valence electrons. The molecule has 4 nitrogen and oxygen atoms in total. The van der Waals surface area contributed by atoms with Crippen molar-refractivity contribution in [3.05, 3.63) is 59.1 Å². The van der Waals surface area contributed by atoms with Crippen molar-refractivity contribution < 1.29 is 9.53 Å². The molecular weight excluding hydrogens is 344 g/mol. The van der Waals surface area contributed by atoms with Crippen molar-refractivity contribution in [2.75, 3.05) is 11.9 Å². The summed E-state index contributed by atoms with van der Waals surface area (Å²) in [6, 6.07) is 13.0. The van der Waals surface area contributed by atoms with Crippen LogP contribution in [-0.2, 0) is 4.79 Å². The van der Waals surface area contributed by atoms with E-state index in [0.717, 1.165) is 21.5 Å². The second-order valence-electron chi connectivity index (χ2n) is 4.93. The van der Waals surface area contributed by atoms with Crippen molar-refractivity contribution in [1.29, 1.82) is 0 Å². The average Bonchev–Trinajstić information content (AvgIpc) is 2.96. The van der Waals surface area contributed by atoms with Gasteiger partial charge in [0.15, 0.2) is 5.13 Å². The number of carbonyl (C=O) groups is 1. The van der Waals surface area contributed by atoms with Crippen molar-refractivity contribution in [1.82, 2.24) is 4.98 Å². The summed E-state index contributed by atoms with van der Waals surface area (Å²) in [6.07, 6.45) is 3.12. The van der Waals surface area contributed by atoms with Gasteiger partial charge in [-0.05, 0) is 42.8 Å². The number of anilines is 1. The van der Waals surface area contributed by atoms with Crippen LogP contribution in [0, 0.1) is 0 Å². The quantitative estimate of drug-likeness (QED) is 0.653. The zero-order valence-electron chi connectivity index (χ0n) is 13.0. The molecule has 0 atom stereocenters. The first-order chi connectivity index (χ1) is 11.7. The highest BCUT2D eigenvalue weighted by molar-refractivity contribution is 7.22. The topological polar surface area (TPSA) is 51.2 Å². The number of thiazole rings is 1. The largest absolute Gasteiger partial charge is 0.494 e. The summed E-state index contributed by atoms with van der Waals surface area (Å²) in [5.74, 6) is 0.546. The maximum Gasteiger partial charge on any atom is 0.250 e. The standard InChI is InChI=1S/C18H15ClN2O2S/c1-2-23-13-8-9-15-16(11-13)24-18(20-15)21-17(22)10-7-12-5-3-4-6-14(12)19/h3-11H,2H2,1H3,(H,20,21,22). The third kappa shape index (κ3) is 3.93. The molecule has 0 aliphatic heterocycles. The number of amides is 1. The van der Waals surface area contributed by atoms with Gasteiger partial charge >= 0.3 is 0 Å². The van der Waals surface area contributed by atoms with E-state index in [-0.39, 0.29) is 5.91 Å². The van der Waals surface area contributed by atoms with Crippen molar-refractivity contribution in [3.63, 3.8) is 0 Å². The molecule has 0 aliphatic rings. The summed E-state index contributed by atoms with van der Waals surface area (Å²) in [5, 5.41) is 3.92. The molecule has 0 saturated carbocycles. The molecule has 0 aliphatic carbocycles. The van der Waals surface area contributed by atoms with Crippen LogP contribution >= 0.6 is 22.9 Å². The van der Waals surface area contributed by atoms with Gasteiger partial charge in [0.2, 0.25) is 5.91 Å².